The van der Waals surface area contributed by atoms with Crippen LogP contribution in [-0.4, -0.2) is 45.0 Å². The Kier molecular flexibility index (Phi) is 5.16. The van der Waals surface area contributed by atoms with Crippen LogP contribution in [0.4, 0.5) is 5.69 Å². The van der Waals surface area contributed by atoms with E-state index in [1.807, 2.05) is 0 Å². The van der Waals surface area contributed by atoms with Gasteiger partial charge in [0.2, 0.25) is 10.0 Å². The molecule has 0 unspecified atom stereocenters. The van der Waals surface area contributed by atoms with Crippen molar-refractivity contribution in [3.63, 3.8) is 0 Å². The second kappa shape index (κ2) is 6.23. The summed E-state index contributed by atoms with van der Waals surface area (Å²) in [6, 6.07) is 4.51. The van der Waals surface area contributed by atoms with Crippen LogP contribution in [0.25, 0.3) is 0 Å². The predicted molar refractivity (Wildman–Crippen MR) is 75.7 cm³/mol. The van der Waals surface area contributed by atoms with Gasteiger partial charge in [-0.05, 0) is 18.2 Å². The number of rotatable bonds is 5. The molecule has 0 spiro atoms. The summed E-state index contributed by atoms with van der Waals surface area (Å²) in [6.07, 6.45) is 0. The number of hydrogen-bond acceptors (Lipinski definition) is 4. The Balaban J connectivity index is 2.62. The lowest BCUT2D eigenvalue weighted by Gasteiger charge is -2.12. The fourth-order valence-corrected chi connectivity index (χ4v) is 2.29. The highest BCUT2D eigenvalue weighted by molar-refractivity contribution is 7.89. The Bertz CT molecular complexity index is 573. The maximum absolute atomic E-state index is 11.8. The Morgan fingerprint density at radius 2 is 2.05 bits per heavy atom. The van der Waals surface area contributed by atoms with E-state index in [4.69, 9.17) is 17.3 Å². The van der Waals surface area contributed by atoms with Gasteiger partial charge in [-0.1, -0.05) is 11.6 Å². The van der Waals surface area contributed by atoms with Crippen LogP contribution in [0, 0.1) is 0 Å². The molecule has 8 heteroatoms. The van der Waals surface area contributed by atoms with Crippen molar-refractivity contribution in [1.82, 2.24) is 9.62 Å². The van der Waals surface area contributed by atoms with Crippen molar-refractivity contribution in [2.24, 2.45) is 0 Å². The number of sulfonamides is 1. The molecule has 0 aliphatic heterocycles. The van der Waals surface area contributed by atoms with E-state index in [9.17, 15) is 13.2 Å². The third kappa shape index (κ3) is 4.38. The third-order valence-electron chi connectivity index (χ3n) is 2.44. The number of nitrogens with two attached hydrogens (primary N) is 1. The van der Waals surface area contributed by atoms with E-state index in [2.05, 4.69) is 5.32 Å². The first-order chi connectivity index (χ1) is 8.74. The quantitative estimate of drug-likeness (QED) is 0.777. The van der Waals surface area contributed by atoms with Crippen LogP contribution in [0.2, 0.25) is 5.02 Å². The van der Waals surface area contributed by atoms with Gasteiger partial charge in [0, 0.05) is 26.3 Å². The zero-order chi connectivity index (χ0) is 14.6. The standard InChI is InChI=1S/C11H16ClN3O3S/c1-15(2)19(17,18)6-5-14-11(16)9-4-3-8(13)7-10(9)12/h3-4,7H,5-6,13H2,1-2H3,(H,14,16). The van der Waals surface area contributed by atoms with E-state index in [0.717, 1.165) is 4.31 Å². The Labute approximate surface area is 117 Å². The Morgan fingerprint density at radius 1 is 1.42 bits per heavy atom. The maximum atomic E-state index is 11.8. The predicted octanol–water partition coefficient (Wildman–Crippen LogP) is 0.543. The minimum Gasteiger partial charge on any atom is -0.399 e. The van der Waals surface area contributed by atoms with Crippen LogP contribution in [0.3, 0.4) is 0 Å². The van der Waals surface area contributed by atoms with Gasteiger partial charge in [0.25, 0.3) is 5.91 Å². The van der Waals surface area contributed by atoms with Crippen LogP contribution in [0.15, 0.2) is 18.2 Å². The fourth-order valence-electron chi connectivity index (χ4n) is 1.29. The molecule has 0 bridgehead atoms. The molecule has 1 amide bonds. The average Bonchev–Trinajstić information content (AvgIpc) is 2.28. The van der Waals surface area contributed by atoms with Gasteiger partial charge in [0.1, 0.15) is 0 Å². The SMILES string of the molecule is CN(C)S(=O)(=O)CCNC(=O)c1ccc(N)cc1Cl. The number of anilines is 1. The topological polar surface area (TPSA) is 92.5 Å². The van der Waals surface area contributed by atoms with Gasteiger partial charge < -0.3 is 11.1 Å². The van der Waals surface area contributed by atoms with Crippen LogP contribution < -0.4 is 11.1 Å². The summed E-state index contributed by atoms with van der Waals surface area (Å²) in [6.45, 7) is 0.0139. The van der Waals surface area contributed by atoms with Gasteiger partial charge in [-0.25, -0.2) is 12.7 Å². The normalized spacial score (nSPS) is 11.6. The minimum absolute atomic E-state index is 0.0139. The van der Waals surface area contributed by atoms with Crippen LogP contribution >= 0.6 is 11.6 Å². The maximum Gasteiger partial charge on any atom is 0.252 e. The first-order valence-corrected chi connectivity index (χ1v) is 7.46. The summed E-state index contributed by atoms with van der Waals surface area (Å²) in [4.78, 5) is 11.8. The summed E-state index contributed by atoms with van der Waals surface area (Å²) < 4.78 is 24.1. The molecule has 0 radical (unpaired) electrons. The van der Waals surface area contributed by atoms with Gasteiger partial charge in [0.05, 0.1) is 16.3 Å². The highest BCUT2D eigenvalue weighted by Crippen LogP contribution is 2.18. The molecule has 0 aromatic heterocycles. The molecule has 0 aliphatic rings. The monoisotopic (exact) mass is 305 g/mol. The largest absolute Gasteiger partial charge is 0.399 e. The Hall–Kier alpha value is -1.31. The number of amides is 1. The molecular weight excluding hydrogens is 290 g/mol. The van der Waals surface area contributed by atoms with Crippen LogP contribution in [0.1, 0.15) is 10.4 Å². The zero-order valence-corrected chi connectivity index (χ0v) is 12.3. The second-order valence-corrected chi connectivity index (χ2v) is 6.80. The van der Waals surface area contributed by atoms with E-state index < -0.39 is 15.9 Å². The first kappa shape index (κ1) is 15.7. The van der Waals surface area contributed by atoms with E-state index in [1.54, 1.807) is 6.07 Å². The lowest BCUT2D eigenvalue weighted by Crippen LogP contribution is -2.34. The van der Waals surface area contributed by atoms with Gasteiger partial charge in [-0.2, -0.15) is 0 Å². The number of nitrogens with one attached hydrogen (secondary N) is 1. The average molecular weight is 306 g/mol. The molecule has 106 valence electrons. The summed E-state index contributed by atoms with van der Waals surface area (Å²) >= 11 is 5.88. The van der Waals surface area contributed by atoms with E-state index >= 15 is 0 Å². The number of carbonyl (C=O) groups excluding carboxylic acids is 1. The molecule has 0 aliphatic carbocycles. The molecule has 6 nitrogen and oxygen atoms in total. The van der Waals surface area contributed by atoms with Crippen molar-refractivity contribution in [3.8, 4) is 0 Å². The smallest absolute Gasteiger partial charge is 0.252 e. The first-order valence-electron chi connectivity index (χ1n) is 5.47. The van der Waals surface area contributed by atoms with Gasteiger partial charge in [0.15, 0.2) is 0 Å². The van der Waals surface area contributed by atoms with E-state index in [0.29, 0.717) is 5.69 Å². The van der Waals surface area contributed by atoms with Crippen molar-refractivity contribution < 1.29 is 13.2 Å². The lowest BCUT2D eigenvalue weighted by molar-refractivity contribution is 0.0956. The van der Waals surface area contributed by atoms with Crippen LogP contribution in [0.5, 0.6) is 0 Å². The molecule has 3 N–H and O–H groups in total. The summed E-state index contributed by atoms with van der Waals surface area (Å²) in [7, 11) is -0.450. The molecule has 0 fully saturated rings. The number of carbonyl (C=O) groups is 1. The highest BCUT2D eigenvalue weighted by Gasteiger charge is 2.15. The number of halogens is 1. The molecule has 0 saturated heterocycles. The molecule has 1 aromatic carbocycles. The lowest BCUT2D eigenvalue weighted by atomic mass is 10.2. The molecule has 19 heavy (non-hydrogen) atoms. The molecule has 1 aromatic rings. The number of nitrogen functional groups attached to an aromatic ring is 1. The zero-order valence-electron chi connectivity index (χ0n) is 10.7. The van der Waals surface area contributed by atoms with Gasteiger partial charge in [-0.15, -0.1) is 0 Å². The van der Waals surface area contributed by atoms with Crippen LogP contribution in [-0.2, 0) is 10.0 Å². The van der Waals surface area contributed by atoms with Crippen molar-refractivity contribution >= 4 is 33.2 Å². The fraction of sp³-hybridized carbons (Fsp3) is 0.364. The van der Waals surface area contributed by atoms with Gasteiger partial charge in [-0.3, -0.25) is 4.79 Å². The molecule has 1 rings (SSSR count). The third-order valence-corrected chi connectivity index (χ3v) is 4.59. The number of benzene rings is 1. The van der Waals surface area contributed by atoms with E-state index in [-0.39, 0.29) is 22.9 Å². The molecule has 0 heterocycles. The molecular formula is C11H16ClN3O3S. The van der Waals surface area contributed by atoms with E-state index in [1.165, 1.54) is 26.2 Å². The van der Waals surface area contributed by atoms with Crippen molar-refractivity contribution in [3.05, 3.63) is 28.8 Å². The van der Waals surface area contributed by atoms with Gasteiger partial charge >= 0.3 is 0 Å². The van der Waals surface area contributed by atoms with Crippen molar-refractivity contribution in [2.75, 3.05) is 32.1 Å². The molecule has 0 saturated carbocycles. The number of nitrogens with zero attached hydrogens (tertiary/aromatic N) is 1. The Morgan fingerprint density at radius 3 is 2.58 bits per heavy atom. The summed E-state index contributed by atoms with van der Waals surface area (Å²) in [5, 5.41) is 2.73. The number of hydrogen-bond donors (Lipinski definition) is 2. The molecule has 0 atom stereocenters. The van der Waals surface area contributed by atoms with Crippen molar-refractivity contribution in [2.45, 2.75) is 0 Å². The summed E-state index contributed by atoms with van der Waals surface area (Å²) in [5.41, 5.74) is 6.23. The highest BCUT2D eigenvalue weighted by atomic mass is 35.5. The van der Waals surface area contributed by atoms with Crippen molar-refractivity contribution in [1.29, 1.82) is 0 Å². The second-order valence-electron chi connectivity index (χ2n) is 4.09. The summed E-state index contributed by atoms with van der Waals surface area (Å²) in [5.74, 6) is -0.600. The minimum atomic E-state index is -3.33.